The topological polar surface area (TPSA) is 65.1 Å². The van der Waals surface area contributed by atoms with E-state index in [2.05, 4.69) is 44.3 Å². The molecule has 1 atom stereocenters. The van der Waals surface area contributed by atoms with Crippen LogP contribution < -0.4 is 0 Å². The third kappa shape index (κ3) is 4.52. The van der Waals surface area contributed by atoms with E-state index in [0.29, 0.717) is 12.1 Å². The Morgan fingerprint density at radius 1 is 1.09 bits per heavy atom. The van der Waals surface area contributed by atoms with Gasteiger partial charge in [-0.1, -0.05) is 55.0 Å². The lowest BCUT2D eigenvalue weighted by molar-refractivity contribution is 0.0776. The highest BCUT2D eigenvalue weighted by molar-refractivity contribution is 5.95. The first-order chi connectivity index (χ1) is 16.2. The standard InChI is InChI=1S/C27H29N5O/c1-31(18-20-9-3-2-4-10-20)27(33)23-17-29-30-26(23)25-14-5-6-16-32(25)19-21-11-7-13-24-22(21)12-8-15-28-24/h2-4,7-13,15,17,25H,5-6,14,16,18-19H2,1H3,(H,29,30)/t25-/m1/s1. The fourth-order valence-electron chi connectivity index (χ4n) is 4.89. The number of hydrogen-bond acceptors (Lipinski definition) is 4. The summed E-state index contributed by atoms with van der Waals surface area (Å²) in [7, 11) is 1.86. The summed E-state index contributed by atoms with van der Waals surface area (Å²) in [6, 6.07) is 20.7. The maximum absolute atomic E-state index is 13.4. The first kappa shape index (κ1) is 21.3. The van der Waals surface area contributed by atoms with Gasteiger partial charge in [0, 0.05) is 31.7 Å². The van der Waals surface area contributed by atoms with Gasteiger partial charge in [-0.3, -0.25) is 19.8 Å². The number of benzene rings is 2. The smallest absolute Gasteiger partial charge is 0.257 e. The molecule has 0 saturated carbocycles. The van der Waals surface area contributed by atoms with Crippen LogP contribution in [0.3, 0.4) is 0 Å². The van der Waals surface area contributed by atoms with Crippen LogP contribution in [0.25, 0.3) is 10.9 Å². The van der Waals surface area contributed by atoms with Crippen molar-refractivity contribution < 1.29 is 4.79 Å². The fraction of sp³-hybridized carbons (Fsp3) is 0.296. The molecule has 6 nitrogen and oxygen atoms in total. The van der Waals surface area contributed by atoms with E-state index in [0.717, 1.165) is 49.1 Å². The normalized spacial score (nSPS) is 16.7. The summed E-state index contributed by atoms with van der Waals surface area (Å²) in [4.78, 5) is 22.1. The number of carbonyl (C=O) groups excluding carboxylic acids is 1. The van der Waals surface area contributed by atoms with Gasteiger partial charge >= 0.3 is 0 Å². The van der Waals surface area contributed by atoms with E-state index in [-0.39, 0.29) is 11.9 Å². The number of aromatic amines is 1. The van der Waals surface area contributed by atoms with Crippen LogP contribution in [0.1, 0.15) is 52.5 Å². The number of aromatic nitrogens is 3. The lowest BCUT2D eigenvalue weighted by Gasteiger charge is -2.36. The van der Waals surface area contributed by atoms with Crippen molar-refractivity contribution in [2.75, 3.05) is 13.6 Å². The third-order valence-electron chi connectivity index (χ3n) is 6.56. The molecule has 1 aliphatic rings. The lowest BCUT2D eigenvalue weighted by Crippen LogP contribution is -2.35. The molecule has 0 radical (unpaired) electrons. The summed E-state index contributed by atoms with van der Waals surface area (Å²) in [5.41, 5.74) is 5.00. The molecule has 0 unspecified atom stereocenters. The van der Waals surface area contributed by atoms with Crippen LogP contribution in [-0.4, -0.2) is 44.5 Å². The lowest BCUT2D eigenvalue weighted by atomic mass is 9.95. The first-order valence-electron chi connectivity index (χ1n) is 11.6. The summed E-state index contributed by atoms with van der Waals surface area (Å²) in [5, 5.41) is 8.65. The van der Waals surface area contributed by atoms with Gasteiger partial charge in [0.2, 0.25) is 0 Å². The number of likely N-dealkylation sites (tertiary alicyclic amines) is 1. The molecular formula is C27H29N5O. The van der Waals surface area contributed by atoms with E-state index in [1.54, 1.807) is 11.1 Å². The predicted molar refractivity (Wildman–Crippen MR) is 130 cm³/mol. The Morgan fingerprint density at radius 2 is 1.97 bits per heavy atom. The number of nitrogens with one attached hydrogen (secondary N) is 1. The van der Waals surface area contributed by atoms with Crippen molar-refractivity contribution in [3.63, 3.8) is 0 Å². The van der Waals surface area contributed by atoms with Gasteiger partial charge in [-0.05, 0) is 42.6 Å². The largest absolute Gasteiger partial charge is 0.337 e. The number of H-pyrrole nitrogens is 1. The summed E-state index contributed by atoms with van der Waals surface area (Å²) >= 11 is 0. The van der Waals surface area contributed by atoms with Crippen LogP contribution in [-0.2, 0) is 13.1 Å². The van der Waals surface area contributed by atoms with Gasteiger partial charge in [0.15, 0.2) is 0 Å². The fourth-order valence-corrected chi connectivity index (χ4v) is 4.89. The highest BCUT2D eigenvalue weighted by Gasteiger charge is 2.30. The van der Waals surface area contributed by atoms with E-state index in [9.17, 15) is 4.79 Å². The predicted octanol–water partition coefficient (Wildman–Crippen LogP) is 4.96. The van der Waals surface area contributed by atoms with Gasteiger partial charge in [0.1, 0.15) is 0 Å². The average Bonchev–Trinajstić information content (AvgIpc) is 3.34. The second-order valence-electron chi connectivity index (χ2n) is 8.81. The summed E-state index contributed by atoms with van der Waals surface area (Å²) < 4.78 is 0. The average molecular weight is 440 g/mol. The maximum atomic E-state index is 13.4. The van der Waals surface area contributed by atoms with Crippen LogP contribution >= 0.6 is 0 Å². The van der Waals surface area contributed by atoms with Crippen molar-refractivity contribution in [3.8, 4) is 0 Å². The van der Waals surface area contributed by atoms with Gasteiger partial charge < -0.3 is 4.90 Å². The zero-order valence-electron chi connectivity index (χ0n) is 18.9. The Balaban J connectivity index is 1.39. The Morgan fingerprint density at radius 3 is 2.85 bits per heavy atom. The zero-order valence-corrected chi connectivity index (χ0v) is 18.9. The van der Waals surface area contributed by atoms with Crippen LogP contribution in [0.15, 0.2) is 73.1 Å². The number of fused-ring (bicyclic) bond motifs is 1. The van der Waals surface area contributed by atoms with Crippen molar-refractivity contribution >= 4 is 16.8 Å². The summed E-state index contributed by atoms with van der Waals surface area (Å²) in [5.74, 6) is 0.00230. The number of carbonyl (C=O) groups is 1. The van der Waals surface area contributed by atoms with Crippen LogP contribution in [0.4, 0.5) is 0 Å². The molecule has 1 amide bonds. The van der Waals surface area contributed by atoms with Crippen LogP contribution in [0.5, 0.6) is 0 Å². The summed E-state index contributed by atoms with van der Waals surface area (Å²) in [6.45, 7) is 2.38. The minimum absolute atomic E-state index is 0.00230. The highest BCUT2D eigenvalue weighted by atomic mass is 16.2. The van der Waals surface area contributed by atoms with E-state index in [1.807, 2.05) is 49.6 Å². The Kier molecular flexibility index (Phi) is 6.17. The van der Waals surface area contributed by atoms with Crippen molar-refractivity contribution in [1.82, 2.24) is 25.0 Å². The number of nitrogens with zero attached hydrogens (tertiary/aromatic N) is 4. The molecule has 0 bridgehead atoms. The molecule has 3 heterocycles. The number of rotatable bonds is 6. The Hall–Kier alpha value is -3.51. The van der Waals surface area contributed by atoms with Crippen LogP contribution in [0, 0.1) is 0 Å². The molecular weight excluding hydrogens is 410 g/mol. The number of pyridine rings is 1. The summed E-state index contributed by atoms with van der Waals surface area (Å²) in [6.07, 6.45) is 6.83. The minimum atomic E-state index is 0.00230. The third-order valence-corrected chi connectivity index (χ3v) is 6.56. The number of piperidine rings is 1. The van der Waals surface area contributed by atoms with Gasteiger partial charge in [-0.15, -0.1) is 0 Å². The second kappa shape index (κ2) is 9.55. The monoisotopic (exact) mass is 439 g/mol. The minimum Gasteiger partial charge on any atom is -0.337 e. The van der Waals surface area contributed by atoms with Gasteiger partial charge in [0.25, 0.3) is 5.91 Å². The number of hydrogen-bond donors (Lipinski definition) is 1. The number of amides is 1. The van der Waals surface area contributed by atoms with Crippen molar-refractivity contribution in [2.24, 2.45) is 0 Å². The molecule has 0 aliphatic carbocycles. The van der Waals surface area contributed by atoms with Gasteiger partial charge in [-0.25, -0.2) is 0 Å². The molecule has 1 N–H and O–H groups in total. The molecule has 2 aromatic carbocycles. The molecule has 5 rings (SSSR count). The molecule has 1 fully saturated rings. The Bertz CT molecular complexity index is 1230. The zero-order chi connectivity index (χ0) is 22.6. The van der Waals surface area contributed by atoms with Crippen LogP contribution in [0.2, 0.25) is 0 Å². The second-order valence-corrected chi connectivity index (χ2v) is 8.81. The molecule has 6 heteroatoms. The van der Waals surface area contributed by atoms with E-state index in [4.69, 9.17) is 0 Å². The van der Waals surface area contributed by atoms with E-state index in [1.165, 1.54) is 10.9 Å². The molecule has 0 spiro atoms. The first-order valence-corrected chi connectivity index (χ1v) is 11.6. The van der Waals surface area contributed by atoms with Gasteiger partial charge in [-0.2, -0.15) is 5.10 Å². The van der Waals surface area contributed by atoms with Crippen molar-refractivity contribution in [1.29, 1.82) is 0 Å². The highest BCUT2D eigenvalue weighted by Crippen LogP contribution is 2.34. The quantitative estimate of drug-likeness (QED) is 0.461. The molecule has 1 saturated heterocycles. The SMILES string of the molecule is CN(Cc1ccccc1)C(=O)c1cn[nH]c1[C@H]1CCCCN1Cc1cccc2ncccc12. The van der Waals surface area contributed by atoms with Crippen molar-refractivity contribution in [3.05, 3.63) is 95.4 Å². The van der Waals surface area contributed by atoms with E-state index >= 15 is 0 Å². The van der Waals surface area contributed by atoms with Crippen molar-refractivity contribution in [2.45, 2.75) is 38.4 Å². The molecule has 168 valence electrons. The molecule has 33 heavy (non-hydrogen) atoms. The van der Waals surface area contributed by atoms with E-state index < -0.39 is 0 Å². The van der Waals surface area contributed by atoms with Gasteiger partial charge in [0.05, 0.1) is 29.0 Å². The maximum Gasteiger partial charge on any atom is 0.257 e. The molecule has 1 aliphatic heterocycles. The Labute approximate surface area is 194 Å². The molecule has 4 aromatic rings. The molecule has 2 aromatic heterocycles.